The van der Waals surface area contributed by atoms with Gasteiger partial charge in [-0.1, -0.05) is 18.2 Å². The fraction of sp³-hybridized carbons (Fsp3) is 0.556. The van der Waals surface area contributed by atoms with Crippen LogP contribution in [0.1, 0.15) is 23.2 Å². The second-order valence-corrected chi connectivity index (χ2v) is 6.90. The second kappa shape index (κ2) is 8.13. The number of benzene rings is 1. The number of aliphatic hydroxyl groups excluding tert-OH is 2. The summed E-state index contributed by atoms with van der Waals surface area (Å²) < 4.78 is 0. The third-order valence-electron chi connectivity index (χ3n) is 5.10. The minimum Gasteiger partial charge on any atom is -0.480 e. The van der Waals surface area contributed by atoms with Gasteiger partial charge in [-0.25, -0.2) is 0 Å². The number of carbonyl (C=O) groups is 2. The number of aliphatic carboxylic acids is 1. The van der Waals surface area contributed by atoms with Gasteiger partial charge in [-0.3, -0.25) is 19.4 Å². The first-order valence-electron chi connectivity index (χ1n) is 8.89. The van der Waals surface area contributed by atoms with Crippen LogP contribution in [0.4, 0.5) is 0 Å². The van der Waals surface area contributed by atoms with Crippen molar-refractivity contribution < 1.29 is 24.9 Å². The average Bonchev–Trinajstić information content (AvgIpc) is 3.23. The highest BCUT2D eigenvalue weighted by molar-refractivity contribution is 5.94. The minimum absolute atomic E-state index is 0.0592. The Bertz CT molecular complexity index is 635. The summed E-state index contributed by atoms with van der Waals surface area (Å²) in [5, 5.41) is 32.7. The van der Waals surface area contributed by atoms with Crippen molar-refractivity contribution in [1.29, 1.82) is 0 Å². The van der Waals surface area contributed by atoms with Crippen LogP contribution in [-0.2, 0) is 4.79 Å². The summed E-state index contributed by atoms with van der Waals surface area (Å²) in [6.45, 7) is 1.26. The molecule has 2 fully saturated rings. The fourth-order valence-corrected chi connectivity index (χ4v) is 3.86. The van der Waals surface area contributed by atoms with Crippen LogP contribution in [0, 0.1) is 0 Å². The van der Waals surface area contributed by atoms with Gasteiger partial charge >= 0.3 is 5.97 Å². The van der Waals surface area contributed by atoms with Crippen LogP contribution in [0.5, 0.6) is 0 Å². The van der Waals surface area contributed by atoms with E-state index in [-0.39, 0.29) is 19.0 Å². The van der Waals surface area contributed by atoms with E-state index >= 15 is 0 Å². The standard InChI is InChI=1S/C18H25N3O5/c22-13-10-21(11-14(23)24)15(16(13)25)17(20-8-4-5-9-20)19-18(26)12-6-2-1-3-7-12/h1-3,6-7,13,15-17,22,25H,4-5,8-11H2,(H,19,26)(H,23,24)/t13-,15-,16-,17?/m0/s1. The Morgan fingerprint density at radius 1 is 1.15 bits per heavy atom. The van der Waals surface area contributed by atoms with Crippen LogP contribution in [0.3, 0.4) is 0 Å². The molecular formula is C18H25N3O5. The van der Waals surface area contributed by atoms with Crippen molar-refractivity contribution in [1.82, 2.24) is 15.1 Å². The molecule has 2 aliphatic rings. The summed E-state index contributed by atoms with van der Waals surface area (Å²) in [5.74, 6) is -1.32. The van der Waals surface area contributed by atoms with Crippen molar-refractivity contribution in [2.75, 3.05) is 26.2 Å². The molecule has 1 unspecified atom stereocenters. The van der Waals surface area contributed by atoms with Crippen LogP contribution >= 0.6 is 0 Å². The molecular weight excluding hydrogens is 338 g/mol. The summed E-state index contributed by atoms with van der Waals surface area (Å²) >= 11 is 0. The lowest BCUT2D eigenvalue weighted by Gasteiger charge is -2.38. The second-order valence-electron chi connectivity index (χ2n) is 6.90. The van der Waals surface area contributed by atoms with Gasteiger partial charge in [0, 0.05) is 25.2 Å². The topological polar surface area (TPSA) is 113 Å². The van der Waals surface area contributed by atoms with Gasteiger partial charge in [-0.15, -0.1) is 0 Å². The number of hydrogen-bond acceptors (Lipinski definition) is 6. The van der Waals surface area contributed by atoms with E-state index in [9.17, 15) is 19.8 Å². The zero-order valence-corrected chi connectivity index (χ0v) is 14.5. The number of hydrogen-bond donors (Lipinski definition) is 4. The number of rotatable bonds is 6. The molecule has 2 aliphatic heterocycles. The molecule has 1 aromatic rings. The Morgan fingerprint density at radius 2 is 1.81 bits per heavy atom. The third kappa shape index (κ3) is 4.04. The number of carboxylic acids is 1. The first kappa shape index (κ1) is 18.8. The van der Waals surface area contributed by atoms with Crippen molar-refractivity contribution in [3.63, 3.8) is 0 Å². The molecule has 4 N–H and O–H groups in total. The van der Waals surface area contributed by atoms with Gasteiger partial charge in [-0.05, 0) is 25.0 Å². The minimum atomic E-state index is -1.13. The van der Waals surface area contributed by atoms with Gasteiger partial charge in [0.1, 0.15) is 6.17 Å². The van der Waals surface area contributed by atoms with Crippen molar-refractivity contribution in [2.24, 2.45) is 0 Å². The highest BCUT2D eigenvalue weighted by Crippen LogP contribution is 2.25. The van der Waals surface area contributed by atoms with Gasteiger partial charge in [0.2, 0.25) is 0 Å². The average molecular weight is 363 g/mol. The molecule has 0 aromatic heterocycles. The largest absolute Gasteiger partial charge is 0.480 e. The number of β-amino-alcohol motifs (C(OH)–C–C–N with tert-alkyl or cyclic N) is 1. The monoisotopic (exact) mass is 363 g/mol. The first-order chi connectivity index (χ1) is 12.5. The summed E-state index contributed by atoms with van der Waals surface area (Å²) in [4.78, 5) is 27.4. The Balaban J connectivity index is 1.84. The SMILES string of the molecule is O=C(O)CN1C[C@H](O)[C@H](O)[C@H]1C(NC(=O)c1ccccc1)N1CCCC1. The van der Waals surface area contributed by atoms with Crippen LogP contribution in [0.15, 0.2) is 30.3 Å². The summed E-state index contributed by atoms with van der Waals surface area (Å²) in [7, 11) is 0. The van der Waals surface area contributed by atoms with E-state index in [1.165, 1.54) is 4.90 Å². The van der Waals surface area contributed by atoms with Gasteiger partial charge in [0.05, 0.1) is 24.8 Å². The van der Waals surface area contributed by atoms with Crippen LogP contribution in [0.25, 0.3) is 0 Å². The molecule has 8 nitrogen and oxygen atoms in total. The number of likely N-dealkylation sites (tertiary alicyclic amines) is 2. The van der Waals surface area contributed by atoms with E-state index in [2.05, 4.69) is 5.32 Å². The van der Waals surface area contributed by atoms with E-state index < -0.39 is 30.4 Å². The molecule has 0 bridgehead atoms. The number of carbonyl (C=O) groups excluding carboxylic acids is 1. The van der Waals surface area contributed by atoms with Crippen molar-refractivity contribution in [3.05, 3.63) is 35.9 Å². The van der Waals surface area contributed by atoms with Gasteiger partial charge in [0.25, 0.3) is 5.91 Å². The molecule has 2 heterocycles. The molecule has 26 heavy (non-hydrogen) atoms. The van der Waals surface area contributed by atoms with E-state index in [1.807, 2.05) is 11.0 Å². The zero-order valence-electron chi connectivity index (χ0n) is 14.5. The van der Waals surface area contributed by atoms with E-state index in [4.69, 9.17) is 5.11 Å². The summed E-state index contributed by atoms with van der Waals surface area (Å²) in [6, 6.07) is 8.07. The lowest BCUT2D eigenvalue weighted by Crippen LogP contribution is -2.61. The van der Waals surface area contributed by atoms with Gasteiger partial charge < -0.3 is 20.6 Å². The summed E-state index contributed by atoms with van der Waals surface area (Å²) in [5.41, 5.74) is 0.495. The summed E-state index contributed by atoms with van der Waals surface area (Å²) in [6.07, 6.45) is -0.796. The Kier molecular flexibility index (Phi) is 5.87. The normalized spacial score (nSPS) is 28.2. The predicted molar refractivity (Wildman–Crippen MR) is 93.5 cm³/mol. The number of nitrogens with one attached hydrogen (secondary N) is 1. The molecule has 3 rings (SSSR count). The van der Waals surface area contributed by atoms with Gasteiger partial charge in [0.15, 0.2) is 0 Å². The van der Waals surface area contributed by atoms with E-state index in [0.717, 1.165) is 25.9 Å². The molecule has 0 radical (unpaired) electrons. The fourth-order valence-electron chi connectivity index (χ4n) is 3.86. The van der Waals surface area contributed by atoms with Crippen molar-refractivity contribution >= 4 is 11.9 Å². The molecule has 4 atom stereocenters. The molecule has 0 aliphatic carbocycles. The Morgan fingerprint density at radius 3 is 2.42 bits per heavy atom. The van der Waals surface area contributed by atoms with Crippen LogP contribution in [-0.4, -0.2) is 87.6 Å². The smallest absolute Gasteiger partial charge is 0.317 e. The maximum Gasteiger partial charge on any atom is 0.317 e. The Hall–Kier alpha value is -2.00. The number of nitrogens with zero attached hydrogens (tertiary/aromatic N) is 2. The molecule has 0 saturated carbocycles. The maximum atomic E-state index is 12.7. The van der Waals surface area contributed by atoms with E-state index in [1.54, 1.807) is 24.3 Å². The van der Waals surface area contributed by atoms with E-state index in [0.29, 0.717) is 5.56 Å². The van der Waals surface area contributed by atoms with Crippen LogP contribution in [0.2, 0.25) is 0 Å². The van der Waals surface area contributed by atoms with Gasteiger partial charge in [-0.2, -0.15) is 0 Å². The predicted octanol–water partition coefficient (Wildman–Crippen LogP) is -0.671. The molecule has 1 amide bonds. The molecule has 142 valence electrons. The lowest BCUT2D eigenvalue weighted by molar-refractivity contribution is -0.139. The number of aliphatic hydroxyl groups is 2. The third-order valence-corrected chi connectivity index (χ3v) is 5.10. The van der Waals surface area contributed by atoms with Crippen molar-refractivity contribution in [2.45, 2.75) is 37.3 Å². The van der Waals surface area contributed by atoms with Crippen LogP contribution < -0.4 is 5.32 Å². The number of amides is 1. The molecule has 1 aromatic carbocycles. The Labute approximate surface area is 152 Å². The molecule has 0 spiro atoms. The number of carboxylic acid groups (broad SMARTS) is 1. The quantitative estimate of drug-likeness (QED) is 0.530. The highest BCUT2D eigenvalue weighted by atomic mass is 16.4. The highest BCUT2D eigenvalue weighted by Gasteiger charge is 2.47. The maximum absolute atomic E-state index is 12.7. The lowest BCUT2D eigenvalue weighted by atomic mass is 10.1. The zero-order chi connectivity index (χ0) is 18.7. The molecule has 8 heteroatoms. The molecule has 2 saturated heterocycles. The first-order valence-corrected chi connectivity index (χ1v) is 8.89. The van der Waals surface area contributed by atoms with Crippen molar-refractivity contribution in [3.8, 4) is 0 Å².